The predicted octanol–water partition coefficient (Wildman–Crippen LogP) is 2.26. The summed E-state index contributed by atoms with van der Waals surface area (Å²) in [5.74, 6) is 0. The van der Waals surface area contributed by atoms with Crippen molar-refractivity contribution in [3.05, 3.63) is 0 Å². The van der Waals surface area contributed by atoms with Gasteiger partial charge >= 0.3 is 0 Å². The van der Waals surface area contributed by atoms with Crippen molar-refractivity contribution in [2.24, 2.45) is 0 Å². The second-order valence-electron chi connectivity index (χ2n) is 5.04. The summed E-state index contributed by atoms with van der Waals surface area (Å²) in [5, 5.41) is 27.8. The molecule has 0 aliphatic carbocycles. The van der Waals surface area contributed by atoms with E-state index in [-0.39, 0.29) is 0 Å². The normalized spacial score (nSPS) is 15.1. The molecular formula is C13H28O5P2. The zero-order valence-electron chi connectivity index (χ0n) is 12.5. The first-order valence-electron chi connectivity index (χ1n) is 7.33. The minimum Gasteiger partial charge on any atom is -0.624 e. The molecule has 2 atom stereocenters. The number of unbranched alkanes of at least 4 members (excludes halogenated alkanes) is 4. The van der Waals surface area contributed by atoms with Gasteiger partial charge in [-0.15, -0.1) is 0 Å². The first-order valence-corrected chi connectivity index (χ1v) is 11.4. The number of aliphatic hydroxyl groups is 3. The van der Waals surface area contributed by atoms with Crippen molar-refractivity contribution >= 4 is 19.8 Å². The third kappa shape index (κ3) is 6.80. The number of rotatable bonds is 11. The highest BCUT2D eigenvalue weighted by Gasteiger charge is 2.35. The molecule has 0 saturated carbocycles. The van der Waals surface area contributed by atoms with Crippen LogP contribution >= 0.6 is 14.3 Å². The molecule has 20 heavy (non-hydrogen) atoms. The summed E-state index contributed by atoms with van der Waals surface area (Å²) in [6.45, 7) is 0.304. The summed E-state index contributed by atoms with van der Waals surface area (Å²) in [7, 11) is -2.50. The summed E-state index contributed by atoms with van der Waals surface area (Å²) in [6, 6.07) is 0. The standard InChI is InChI=1S/C13H28O5P2/c1-3-5-7-9-20(18,10-8-6-4-2)19(17)13(16)12(15)11-14/h12,14-16H,3-11H2,1-2H3. The fourth-order valence-corrected chi connectivity index (χ4v) is 8.10. The van der Waals surface area contributed by atoms with E-state index in [1.165, 1.54) is 0 Å². The van der Waals surface area contributed by atoms with Crippen LogP contribution in [0.4, 0.5) is 0 Å². The second-order valence-corrected chi connectivity index (χ2v) is 11.9. The van der Waals surface area contributed by atoms with E-state index in [0.29, 0.717) is 25.2 Å². The van der Waals surface area contributed by atoms with E-state index in [4.69, 9.17) is 5.11 Å². The highest BCUT2D eigenvalue weighted by molar-refractivity contribution is 8.29. The average Bonchev–Trinajstić information content (AvgIpc) is 2.45. The molecule has 0 rings (SSSR count). The van der Waals surface area contributed by atoms with E-state index in [2.05, 4.69) is 0 Å². The van der Waals surface area contributed by atoms with Crippen LogP contribution in [0.2, 0.25) is 0 Å². The van der Waals surface area contributed by atoms with Gasteiger partial charge in [0.1, 0.15) is 7.46 Å². The molecule has 0 aromatic rings. The van der Waals surface area contributed by atoms with E-state index in [9.17, 15) is 19.7 Å². The third-order valence-electron chi connectivity index (χ3n) is 3.22. The maximum Gasteiger partial charge on any atom is 0.260 e. The van der Waals surface area contributed by atoms with Crippen molar-refractivity contribution in [2.45, 2.75) is 58.5 Å². The Bertz CT molecular complexity index is 330. The van der Waals surface area contributed by atoms with Crippen LogP contribution in [0.25, 0.3) is 0 Å². The Balaban J connectivity index is 5.02. The molecule has 5 nitrogen and oxygen atoms in total. The van der Waals surface area contributed by atoms with Crippen LogP contribution in [0.1, 0.15) is 52.4 Å². The Morgan fingerprint density at radius 3 is 1.95 bits per heavy atom. The van der Waals surface area contributed by atoms with Crippen molar-refractivity contribution < 1.29 is 24.8 Å². The van der Waals surface area contributed by atoms with Gasteiger partial charge in [-0.25, -0.2) is 0 Å². The van der Waals surface area contributed by atoms with Crippen molar-refractivity contribution in [1.82, 2.24) is 0 Å². The molecule has 0 fully saturated rings. The molecule has 0 saturated heterocycles. The van der Waals surface area contributed by atoms with Gasteiger partial charge in [0, 0.05) is 12.3 Å². The Hall–Kier alpha value is 0.240. The van der Waals surface area contributed by atoms with Gasteiger partial charge < -0.3 is 20.2 Å². The van der Waals surface area contributed by atoms with Crippen LogP contribution in [-0.2, 0) is 4.57 Å². The van der Waals surface area contributed by atoms with Crippen LogP contribution in [0, 0.1) is 0 Å². The molecule has 0 aromatic carbocycles. The smallest absolute Gasteiger partial charge is 0.260 e. The molecule has 0 bridgehead atoms. The predicted molar refractivity (Wildman–Crippen MR) is 83.3 cm³/mol. The number of hydrogen-bond acceptors (Lipinski definition) is 4. The Morgan fingerprint density at radius 2 is 1.60 bits per heavy atom. The van der Waals surface area contributed by atoms with E-state index in [0.717, 1.165) is 25.7 Å². The van der Waals surface area contributed by atoms with Crippen LogP contribution in [-0.4, -0.2) is 45.8 Å². The first-order chi connectivity index (χ1) is 9.42. The lowest BCUT2D eigenvalue weighted by Crippen LogP contribution is -2.25. The van der Waals surface area contributed by atoms with Gasteiger partial charge in [-0.3, -0.25) is 4.57 Å². The van der Waals surface area contributed by atoms with E-state index < -0.39 is 32.5 Å². The Morgan fingerprint density at radius 1 is 1.15 bits per heavy atom. The molecular weight excluding hydrogens is 298 g/mol. The average molecular weight is 326 g/mol. The monoisotopic (exact) mass is 326 g/mol. The lowest BCUT2D eigenvalue weighted by atomic mass is 10.3. The molecule has 0 spiro atoms. The van der Waals surface area contributed by atoms with Gasteiger partial charge in [0.25, 0.3) is 12.3 Å². The summed E-state index contributed by atoms with van der Waals surface area (Å²) < 4.78 is 12.9. The minimum absolute atomic E-state index is 0.335. The molecule has 3 N–H and O–H groups in total. The van der Waals surface area contributed by atoms with Crippen molar-refractivity contribution in [2.75, 3.05) is 18.9 Å². The molecule has 120 valence electrons. The summed E-state index contributed by atoms with van der Waals surface area (Å²) >= 11 is 0. The van der Waals surface area contributed by atoms with Gasteiger partial charge in [0.2, 0.25) is 0 Å². The lowest BCUT2D eigenvalue weighted by molar-refractivity contribution is -0.148. The molecule has 0 aliphatic heterocycles. The third-order valence-corrected chi connectivity index (χ3v) is 10.4. The maximum absolute atomic E-state index is 12.9. The van der Waals surface area contributed by atoms with Gasteiger partial charge in [-0.2, -0.15) is 0 Å². The first kappa shape index (κ1) is 20.2. The Kier molecular flexibility index (Phi) is 11.0. The molecule has 0 radical (unpaired) electrons. The molecule has 0 heterocycles. The maximum atomic E-state index is 12.9. The number of hydrogen-bond donors (Lipinski definition) is 3. The Labute approximate surface area is 122 Å². The largest absolute Gasteiger partial charge is 0.624 e. The molecule has 0 aromatic heterocycles. The zero-order chi connectivity index (χ0) is 15.6. The van der Waals surface area contributed by atoms with Crippen LogP contribution in [0.5, 0.6) is 0 Å². The quantitative estimate of drug-likeness (QED) is 0.399. The van der Waals surface area contributed by atoms with Gasteiger partial charge in [0.15, 0.2) is 6.10 Å². The van der Waals surface area contributed by atoms with Crippen molar-refractivity contribution in [3.8, 4) is 0 Å². The molecule has 0 amide bonds. The topological polar surface area (TPSA) is 101 Å². The van der Waals surface area contributed by atoms with Crippen molar-refractivity contribution in [1.29, 1.82) is 0 Å². The van der Waals surface area contributed by atoms with Gasteiger partial charge in [-0.05, 0) is 12.8 Å². The van der Waals surface area contributed by atoms with Crippen molar-refractivity contribution in [3.63, 3.8) is 0 Å². The van der Waals surface area contributed by atoms with Gasteiger partial charge in [0.05, 0.1) is 6.61 Å². The highest BCUT2D eigenvalue weighted by Crippen LogP contribution is 2.66. The molecule has 2 unspecified atom stereocenters. The lowest BCUT2D eigenvalue weighted by Gasteiger charge is -2.17. The summed E-state index contributed by atoms with van der Waals surface area (Å²) in [4.78, 5) is 12.3. The fourth-order valence-electron chi connectivity index (χ4n) is 1.91. The molecule has 0 aliphatic rings. The molecule has 7 heteroatoms. The van der Waals surface area contributed by atoms with Gasteiger partial charge in [-0.1, -0.05) is 39.5 Å². The number of aliphatic hydroxyl groups excluding tert-OH is 3. The SMILES string of the molecule is CCCCCP(=O)(CCCCC)/[P+]([O-])=C(\O)C(O)CO. The van der Waals surface area contributed by atoms with E-state index in [1.807, 2.05) is 13.8 Å². The second kappa shape index (κ2) is 10.9. The van der Waals surface area contributed by atoms with Crippen LogP contribution in [0.3, 0.4) is 0 Å². The van der Waals surface area contributed by atoms with E-state index >= 15 is 0 Å². The fraction of sp³-hybridized carbons (Fsp3) is 0.923. The van der Waals surface area contributed by atoms with Crippen LogP contribution < -0.4 is 4.89 Å². The zero-order valence-corrected chi connectivity index (χ0v) is 14.3. The highest BCUT2D eigenvalue weighted by atomic mass is 32.1. The van der Waals surface area contributed by atoms with E-state index in [1.54, 1.807) is 0 Å². The summed E-state index contributed by atoms with van der Waals surface area (Å²) in [5.41, 5.74) is -0.709. The minimum atomic E-state index is -3.04. The van der Waals surface area contributed by atoms with Crippen LogP contribution in [0.15, 0.2) is 0 Å². The summed E-state index contributed by atoms with van der Waals surface area (Å²) in [6.07, 6.45) is 4.29.